The molecule has 50 heavy (non-hydrogen) atoms. The van der Waals surface area contributed by atoms with Crippen molar-refractivity contribution in [3.8, 4) is 0 Å². The molecule has 7 rings (SSSR count). The fraction of sp³-hybridized carbons (Fsp3) is 0.976. The molecule has 0 aromatic heterocycles. The van der Waals surface area contributed by atoms with Gasteiger partial charge in [0.25, 0.3) is 0 Å². The third-order valence-corrected chi connectivity index (χ3v) is 17.0. The Hall–Kier alpha value is -0.810. The lowest BCUT2D eigenvalue weighted by molar-refractivity contribution is -0.258. The first kappa shape index (κ1) is 37.5. The molecule has 2 spiro atoms. The first-order chi connectivity index (χ1) is 23.0. The highest BCUT2D eigenvalue weighted by molar-refractivity contribution is 5.66. The van der Waals surface area contributed by atoms with Crippen molar-refractivity contribution in [3.63, 3.8) is 0 Å². The number of carbonyl (C=O) groups is 1. The van der Waals surface area contributed by atoms with E-state index >= 15 is 0 Å². The number of nitrogens with zero attached hydrogens (tertiary/aromatic N) is 1. The zero-order chi connectivity index (χ0) is 36.7. The highest BCUT2D eigenvalue weighted by atomic mass is 16.7. The Kier molecular flexibility index (Phi) is 8.70. The molecular formula is C41H69NO8. The van der Waals surface area contributed by atoms with Gasteiger partial charge in [-0.3, -0.25) is 9.69 Å². The van der Waals surface area contributed by atoms with Crippen molar-refractivity contribution in [1.82, 2.24) is 4.90 Å². The number of hydrogen-bond donors (Lipinski definition) is 3. The van der Waals surface area contributed by atoms with Gasteiger partial charge < -0.3 is 34.3 Å². The summed E-state index contributed by atoms with van der Waals surface area (Å²) in [6.07, 6.45) is 6.60. The maximum Gasteiger partial charge on any atom is 0.303 e. The zero-order valence-corrected chi connectivity index (χ0v) is 33.0. The van der Waals surface area contributed by atoms with Gasteiger partial charge in [-0.1, -0.05) is 34.6 Å². The lowest BCUT2D eigenvalue weighted by Gasteiger charge is -2.64. The van der Waals surface area contributed by atoms with Crippen LogP contribution in [0.25, 0.3) is 0 Å². The molecule has 2 aliphatic heterocycles. The average molecular weight is 704 g/mol. The maximum absolute atomic E-state index is 12.7. The number of aliphatic hydroxyl groups is 3. The predicted molar refractivity (Wildman–Crippen MR) is 190 cm³/mol. The zero-order valence-electron chi connectivity index (χ0n) is 33.0. The molecule has 7 aliphatic rings. The van der Waals surface area contributed by atoms with Crippen LogP contribution in [0, 0.1) is 50.7 Å². The van der Waals surface area contributed by atoms with Gasteiger partial charge in [-0.2, -0.15) is 0 Å². The van der Waals surface area contributed by atoms with Crippen LogP contribution in [-0.2, 0) is 23.7 Å². The van der Waals surface area contributed by atoms with Crippen molar-refractivity contribution in [2.75, 3.05) is 26.3 Å². The third kappa shape index (κ3) is 4.98. The van der Waals surface area contributed by atoms with E-state index in [1.165, 1.54) is 19.8 Å². The second-order valence-electron chi connectivity index (χ2n) is 20.8. The molecule has 5 saturated carbocycles. The van der Waals surface area contributed by atoms with Gasteiger partial charge in [0, 0.05) is 24.4 Å². The molecule has 286 valence electrons. The van der Waals surface area contributed by atoms with Gasteiger partial charge >= 0.3 is 5.97 Å². The Balaban J connectivity index is 1.13. The number of ether oxygens (including phenoxy) is 4. The van der Waals surface area contributed by atoms with Crippen LogP contribution < -0.4 is 0 Å². The smallest absolute Gasteiger partial charge is 0.303 e. The van der Waals surface area contributed by atoms with E-state index in [-0.39, 0.29) is 69.6 Å². The first-order valence-electron chi connectivity index (χ1n) is 19.9. The summed E-state index contributed by atoms with van der Waals surface area (Å²) in [4.78, 5) is 14.5. The van der Waals surface area contributed by atoms with E-state index in [0.29, 0.717) is 31.4 Å². The molecule has 14 atom stereocenters. The second kappa shape index (κ2) is 11.6. The summed E-state index contributed by atoms with van der Waals surface area (Å²) < 4.78 is 25.9. The summed E-state index contributed by atoms with van der Waals surface area (Å²) in [7, 11) is 0. The van der Waals surface area contributed by atoms with Gasteiger partial charge in [0.05, 0.1) is 43.7 Å². The van der Waals surface area contributed by atoms with E-state index < -0.39 is 29.4 Å². The number of rotatable bonds is 7. The number of esters is 1. The lowest BCUT2D eigenvalue weighted by Crippen LogP contribution is -2.62. The van der Waals surface area contributed by atoms with E-state index in [4.69, 9.17) is 18.9 Å². The first-order valence-corrected chi connectivity index (χ1v) is 19.9. The molecule has 2 saturated heterocycles. The Morgan fingerprint density at radius 2 is 1.66 bits per heavy atom. The molecule has 3 N–H and O–H groups in total. The fourth-order valence-electron chi connectivity index (χ4n) is 14.8. The normalized spacial score (nSPS) is 50.6. The van der Waals surface area contributed by atoms with E-state index in [9.17, 15) is 20.1 Å². The van der Waals surface area contributed by atoms with Crippen molar-refractivity contribution >= 4 is 5.97 Å². The molecule has 5 aliphatic carbocycles. The lowest BCUT2D eigenvalue weighted by atomic mass is 9.41. The van der Waals surface area contributed by atoms with Crippen LogP contribution in [0.5, 0.6) is 0 Å². The average Bonchev–Trinajstić information content (AvgIpc) is 3.65. The van der Waals surface area contributed by atoms with Crippen LogP contribution >= 0.6 is 0 Å². The predicted octanol–water partition coefficient (Wildman–Crippen LogP) is 5.71. The Labute approximate surface area is 301 Å². The summed E-state index contributed by atoms with van der Waals surface area (Å²) in [5.74, 6) is 0.951. The minimum absolute atomic E-state index is 0.00293. The number of aliphatic hydroxyl groups excluding tert-OH is 2. The Morgan fingerprint density at radius 1 is 1.00 bits per heavy atom. The molecule has 0 radical (unpaired) electrons. The van der Waals surface area contributed by atoms with Crippen LogP contribution in [0.4, 0.5) is 0 Å². The highest BCUT2D eigenvalue weighted by Gasteiger charge is 2.85. The van der Waals surface area contributed by atoms with E-state index in [0.717, 1.165) is 38.6 Å². The molecule has 7 fully saturated rings. The second-order valence-corrected chi connectivity index (χ2v) is 20.8. The molecule has 9 heteroatoms. The van der Waals surface area contributed by atoms with Gasteiger partial charge in [-0.15, -0.1) is 0 Å². The number of fused-ring (bicyclic) bond motifs is 4. The van der Waals surface area contributed by atoms with Crippen LogP contribution in [0.3, 0.4) is 0 Å². The van der Waals surface area contributed by atoms with Gasteiger partial charge in [0.1, 0.15) is 5.60 Å². The standard InChI is InChI=1S/C41H69NO8/c1-24-20-38(10,33(36(7,8)46)48-25(2)44)50-31-30(24)37(9)16-17-41-22-40(41)15-14-28(49-29-21-42(18-19-47-29)34(3,4)23-43)35(5,6)26(40)12-13-27(41)39(37,11)32(31)45/h24,26-33,43,45-46H,12-23H2,1-11H3/t24-,26+,27+,28+,29+,30?,31+,32+,33-,37-,38?,39-,40-,41+/m1/s1. The molecular weight excluding hydrogens is 634 g/mol. The minimum Gasteiger partial charge on any atom is -0.456 e. The van der Waals surface area contributed by atoms with Gasteiger partial charge in [-0.25, -0.2) is 0 Å². The Morgan fingerprint density at radius 3 is 2.30 bits per heavy atom. The third-order valence-electron chi connectivity index (χ3n) is 17.0. The van der Waals surface area contributed by atoms with Crippen LogP contribution in [-0.4, -0.2) is 99.9 Å². The van der Waals surface area contributed by atoms with Gasteiger partial charge in [0.15, 0.2) is 12.4 Å². The van der Waals surface area contributed by atoms with E-state index in [2.05, 4.69) is 53.4 Å². The molecule has 2 heterocycles. The highest BCUT2D eigenvalue weighted by Crippen LogP contribution is 2.89. The summed E-state index contributed by atoms with van der Waals surface area (Å²) in [6, 6.07) is 0. The minimum atomic E-state index is -1.30. The van der Waals surface area contributed by atoms with Crippen LogP contribution in [0.2, 0.25) is 0 Å². The SMILES string of the molecule is CC(=O)O[C@H](C(C)(C)O)C1(C)C[C@@H](C)C2[C@H](O1)[C@H](O)[C@@]1(C)[C@@H]3CC[C@H]4C(C)(C)[C@@H](O[C@H]5CN(C(C)(C)CO)CCO5)CC[C@@]45C[C@@]35CC[C@]21C. The molecule has 2 unspecified atom stereocenters. The van der Waals surface area contributed by atoms with Crippen LogP contribution in [0.1, 0.15) is 128 Å². The molecule has 0 aromatic rings. The summed E-state index contributed by atoms with van der Waals surface area (Å²) in [5.41, 5.74) is -2.41. The largest absolute Gasteiger partial charge is 0.456 e. The van der Waals surface area contributed by atoms with Crippen molar-refractivity contribution < 1.29 is 39.1 Å². The maximum atomic E-state index is 12.7. The van der Waals surface area contributed by atoms with Gasteiger partial charge in [0.2, 0.25) is 0 Å². The monoisotopic (exact) mass is 704 g/mol. The van der Waals surface area contributed by atoms with Crippen molar-refractivity contribution in [1.29, 1.82) is 0 Å². The van der Waals surface area contributed by atoms with Crippen molar-refractivity contribution in [2.45, 2.75) is 175 Å². The fourth-order valence-corrected chi connectivity index (χ4v) is 14.8. The quantitative estimate of drug-likeness (QED) is 0.287. The summed E-state index contributed by atoms with van der Waals surface area (Å²) >= 11 is 0. The van der Waals surface area contributed by atoms with E-state index in [1.807, 2.05) is 6.92 Å². The molecule has 0 bridgehead atoms. The van der Waals surface area contributed by atoms with E-state index in [1.54, 1.807) is 13.8 Å². The van der Waals surface area contributed by atoms with Crippen molar-refractivity contribution in [3.05, 3.63) is 0 Å². The van der Waals surface area contributed by atoms with Gasteiger partial charge in [-0.05, 0) is 131 Å². The number of morpholine rings is 1. The molecule has 9 nitrogen and oxygen atoms in total. The summed E-state index contributed by atoms with van der Waals surface area (Å²) in [6.45, 7) is 25.1. The summed E-state index contributed by atoms with van der Waals surface area (Å²) in [5, 5.41) is 33.9. The van der Waals surface area contributed by atoms with Crippen LogP contribution in [0.15, 0.2) is 0 Å². The molecule has 0 amide bonds. The molecule has 0 aromatic carbocycles. The number of carbonyl (C=O) groups excluding carboxylic acids is 1. The Bertz CT molecular complexity index is 1350. The van der Waals surface area contributed by atoms with Crippen molar-refractivity contribution in [2.24, 2.45) is 50.7 Å². The topological polar surface area (TPSA) is 118 Å². The number of hydrogen-bond acceptors (Lipinski definition) is 9.